The second kappa shape index (κ2) is 3.88. The summed E-state index contributed by atoms with van der Waals surface area (Å²) < 4.78 is 10.8. The number of rotatable bonds is 4. The highest BCUT2D eigenvalue weighted by Gasteiger charge is 2.22. The molecule has 1 saturated carbocycles. The molecule has 0 aromatic heterocycles. The van der Waals surface area contributed by atoms with Crippen LogP contribution in [-0.4, -0.2) is 13.2 Å². The quantitative estimate of drug-likeness (QED) is 0.743. The van der Waals surface area contributed by atoms with Crippen LogP contribution in [0.4, 0.5) is 5.69 Å². The maximum absolute atomic E-state index is 5.77. The van der Waals surface area contributed by atoms with Gasteiger partial charge < -0.3 is 15.2 Å². The molecule has 0 unspecified atom stereocenters. The lowest BCUT2D eigenvalue weighted by Gasteiger charge is -2.10. The molecule has 14 heavy (non-hydrogen) atoms. The zero-order valence-corrected chi connectivity index (χ0v) is 8.32. The van der Waals surface area contributed by atoms with Gasteiger partial charge in [-0.1, -0.05) is 12.1 Å². The summed E-state index contributed by atoms with van der Waals surface area (Å²) >= 11 is 0. The van der Waals surface area contributed by atoms with Crippen LogP contribution in [0.2, 0.25) is 0 Å². The SMILES string of the molecule is COc1c(N)cccc1COC1CC1. The Hall–Kier alpha value is -1.22. The molecule has 0 atom stereocenters. The van der Waals surface area contributed by atoms with Gasteiger partial charge in [0.25, 0.3) is 0 Å². The van der Waals surface area contributed by atoms with Crippen molar-refractivity contribution in [2.45, 2.75) is 25.6 Å². The van der Waals surface area contributed by atoms with Gasteiger partial charge >= 0.3 is 0 Å². The van der Waals surface area contributed by atoms with Gasteiger partial charge in [-0.15, -0.1) is 0 Å². The van der Waals surface area contributed by atoms with Gasteiger partial charge in [0, 0.05) is 5.56 Å². The zero-order chi connectivity index (χ0) is 9.97. The molecule has 0 amide bonds. The number of benzene rings is 1. The Labute approximate surface area is 83.8 Å². The largest absolute Gasteiger partial charge is 0.494 e. The molecular formula is C11H15NO2. The van der Waals surface area contributed by atoms with E-state index in [1.54, 1.807) is 7.11 Å². The van der Waals surface area contributed by atoms with Crippen LogP contribution in [0.1, 0.15) is 18.4 Å². The van der Waals surface area contributed by atoms with Crippen LogP contribution in [0.3, 0.4) is 0 Å². The number of nitrogens with two attached hydrogens (primary N) is 1. The van der Waals surface area contributed by atoms with Crippen LogP contribution in [0.5, 0.6) is 5.75 Å². The van der Waals surface area contributed by atoms with Crippen molar-refractivity contribution in [1.29, 1.82) is 0 Å². The Morgan fingerprint density at radius 1 is 1.43 bits per heavy atom. The first-order valence-corrected chi connectivity index (χ1v) is 4.84. The average Bonchev–Trinajstić information content (AvgIpc) is 2.98. The molecule has 2 rings (SSSR count). The first-order chi connectivity index (χ1) is 6.81. The van der Waals surface area contributed by atoms with Crippen molar-refractivity contribution in [3.63, 3.8) is 0 Å². The first-order valence-electron chi connectivity index (χ1n) is 4.84. The van der Waals surface area contributed by atoms with E-state index in [1.165, 1.54) is 12.8 Å². The molecule has 0 radical (unpaired) electrons. The highest BCUT2D eigenvalue weighted by molar-refractivity contribution is 5.56. The topological polar surface area (TPSA) is 44.5 Å². The van der Waals surface area contributed by atoms with Crippen molar-refractivity contribution < 1.29 is 9.47 Å². The summed E-state index contributed by atoms with van der Waals surface area (Å²) in [5, 5.41) is 0. The number of hydrogen-bond acceptors (Lipinski definition) is 3. The van der Waals surface area contributed by atoms with Crippen molar-refractivity contribution in [3.05, 3.63) is 23.8 Å². The van der Waals surface area contributed by atoms with E-state index in [1.807, 2.05) is 18.2 Å². The molecule has 0 saturated heterocycles. The van der Waals surface area contributed by atoms with Crippen LogP contribution in [0.25, 0.3) is 0 Å². The van der Waals surface area contributed by atoms with Gasteiger partial charge in [0.05, 0.1) is 25.5 Å². The highest BCUT2D eigenvalue weighted by atomic mass is 16.5. The van der Waals surface area contributed by atoms with Gasteiger partial charge in [0.1, 0.15) is 5.75 Å². The van der Waals surface area contributed by atoms with Crippen LogP contribution < -0.4 is 10.5 Å². The minimum absolute atomic E-state index is 0.459. The molecule has 3 nitrogen and oxygen atoms in total. The highest BCUT2D eigenvalue weighted by Crippen LogP contribution is 2.30. The lowest BCUT2D eigenvalue weighted by atomic mass is 10.2. The van der Waals surface area contributed by atoms with E-state index in [4.69, 9.17) is 15.2 Å². The Morgan fingerprint density at radius 3 is 2.86 bits per heavy atom. The predicted octanol–water partition coefficient (Wildman–Crippen LogP) is 1.96. The average molecular weight is 193 g/mol. The molecule has 3 heteroatoms. The fourth-order valence-corrected chi connectivity index (χ4v) is 1.41. The molecular weight excluding hydrogens is 178 g/mol. The van der Waals surface area contributed by atoms with E-state index >= 15 is 0 Å². The Balaban J connectivity index is 2.09. The normalized spacial score (nSPS) is 15.5. The van der Waals surface area contributed by atoms with E-state index in [2.05, 4.69) is 0 Å². The van der Waals surface area contributed by atoms with E-state index in [0.29, 0.717) is 18.4 Å². The van der Waals surface area contributed by atoms with Gasteiger partial charge in [0.2, 0.25) is 0 Å². The molecule has 1 aromatic carbocycles. The van der Waals surface area contributed by atoms with Gasteiger partial charge in [0.15, 0.2) is 0 Å². The summed E-state index contributed by atoms with van der Waals surface area (Å²) in [6.45, 7) is 0.596. The molecule has 0 aliphatic heterocycles. The van der Waals surface area contributed by atoms with Crippen LogP contribution >= 0.6 is 0 Å². The Bertz CT molecular complexity index is 321. The zero-order valence-electron chi connectivity index (χ0n) is 8.32. The summed E-state index contributed by atoms with van der Waals surface area (Å²) in [6.07, 6.45) is 2.83. The van der Waals surface area contributed by atoms with Crippen molar-refractivity contribution >= 4 is 5.69 Å². The Morgan fingerprint density at radius 2 is 2.21 bits per heavy atom. The van der Waals surface area contributed by atoms with Gasteiger partial charge in [-0.3, -0.25) is 0 Å². The summed E-state index contributed by atoms with van der Waals surface area (Å²) in [4.78, 5) is 0. The monoisotopic (exact) mass is 193 g/mol. The molecule has 0 heterocycles. The second-order valence-electron chi connectivity index (χ2n) is 3.55. The molecule has 2 N–H and O–H groups in total. The number of methoxy groups -OCH3 is 1. The number of nitrogen functional groups attached to an aromatic ring is 1. The molecule has 1 aromatic rings. The molecule has 1 aliphatic rings. The minimum atomic E-state index is 0.459. The van der Waals surface area contributed by atoms with Crippen molar-refractivity contribution in [1.82, 2.24) is 0 Å². The van der Waals surface area contributed by atoms with E-state index < -0.39 is 0 Å². The number of anilines is 1. The van der Waals surface area contributed by atoms with Crippen molar-refractivity contribution in [2.75, 3.05) is 12.8 Å². The van der Waals surface area contributed by atoms with Crippen LogP contribution in [0.15, 0.2) is 18.2 Å². The summed E-state index contributed by atoms with van der Waals surface area (Å²) in [5.41, 5.74) is 7.47. The molecule has 0 bridgehead atoms. The van der Waals surface area contributed by atoms with Gasteiger partial charge in [-0.2, -0.15) is 0 Å². The first kappa shape index (κ1) is 9.34. The smallest absolute Gasteiger partial charge is 0.147 e. The van der Waals surface area contributed by atoms with Crippen molar-refractivity contribution in [3.8, 4) is 5.75 Å². The standard InChI is InChI=1S/C11H15NO2/c1-13-11-8(3-2-4-10(11)12)7-14-9-5-6-9/h2-4,9H,5-7,12H2,1H3. The fraction of sp³-hybridized carbons (Fsp3) is 0.455. The lowest BCUT2D eigenvalue weighted by Crippen LogP contribution is -2.00. The number of ether oxygens (including phenoxy) is 2. The summed E-state index contributed by atoms with van der Waals surface area (Å²) in [6, 6.07) is 5.74. The second-order valence-corrected chi connectivity index (χ2v) is 3.55. The predicted molar refractivity (Wildman–Crippen MR) is 55.2 cm³/mol. The summed E-state index contributed by atoms with van der Waals surface area (Å²) in [7, 11) is 1.63. The fourth-order valence-electron chi connectivity index (χ4n) is 1.41. The summed E-state index contributed by atoms with van der Waals surface area (Å²) in [5.74, 6) is 0.744. The Kier molecular flexibility index (Phi) is 2.59. The third-order valence-electron chi connectivity index (χ3n) is 2.33. The van der Waals surface area contributed by atoms with Crippen LogP contribution in [0, 0.1) is 0 Å². The maximum Gasteiger partial charge on any atom is 0.147 e. The lowest BCUT2D eigenvalue weighted by molar-refractivity contribution is 0.104. The molecule has 76 valence electrons. The molecule has 1 fully saturated rings. The van der Waals surface area contributed by atoms with Crippen LogP contribution in [-0.2, 0) is 11.3 Å². The maximum atomic E-state index is 5.77. The number of hydrogen-bond donors (Lipinski definition) is 1. The van der Waals surface area contributed by atoms with Gasteiger partial charge in [-0.05, 0) is 18.9 Å². The van der Waals surface area contributed by atoms with Crippen molar-refractivity contribution in [2.24, 2.45) is 0 Å². The third kappa shape index (κ3) is 1.99. The van der Waals surface area contributed by atoms with E-state index in [9.17, 15) is 0 Å². The molecule has 0 spiro atoms. The van der Waals surface area contributed by atoms with Gasteiger partial charge in [-0.25, -0.2) is 0 Å². The minimum Gasteiger partial charge on any atom is -0.494 e. The van der Waals surface area contributed by atoms with E-state index in [0.717, 1.165) is 11.3 Å². The third-order valence-corrected chi connectivity index (χ3v) is 2.33. The number of para-hydroxylation sites is 1. The molecule has 1 aliphatic carbocycles. The van der Waals surface area contributed by atoms with E-state index in [-0.39, 0.29) is 0 Å².